The summed E-state index contributed by atoms with van der Waals surface area (Å²) in [5.74, 6) is -0.521. The van der Waals surface area contributed by atoms with Gasteiger partial charge in [-0.05, 0) is 56.5 Å². The number of fused-ring (bicyclic) bond motifs is 10. The first-order valence-electron chi connectivity index (χ1n) is 19.8. The first kappa shape index (κ1) is 33.6. The monoisotopic (exact) mass is 797 g/mol. The van der Waals surface area contributed by atoms with E-state index in [2.05, 4.69) is 77.4 Å². The largest absolute Gasteiger partial charge is 0.506 e. The van der Waals surface area contributed by atoms with Crippen molar-refractivity contribution >= 4 is 60.0 Å². The minimum Gasteiger partial charge on any atom is -0.506 e. The Labute approximate surface area is 343 Å². The Hall–Kier alpha value is -7.33. The molecule has 9 heteroatoms. The van der Waals surface area contributed by atoms with Gasteiger partial charge in [-0.25, -0.2) is 4.99 Å². The molecule has 2 heterocycles. The number of benzene rings is 8. The number of nitrogens with one attached hydrogen (secondary N) is 2. The second-order valence-electron chi connectivity index (χ2n) is 16.2. The van der Waals surface area contributed by atoms with E-state index in [0.717, 1.165) is 66.5 Å². The molecule has 0 atom stereocenters. The summed E-state index contributed by atoms with van der Waals surface area (Å²) in [6.07, 6.45) is 0.697. The minimum absolute atomic E-state index is 0.0909. The maximum absolute atomic E-state index is 15.0. The lowest BCUT2D eigenvalue weighted by molar-refractivity contribution is -0.109. The predicted molar refractivity (Wildman–Crippen MR) is 233 cm³/mol. The molecule has 0 radical (unpaired) electrons. The molecule has 0 fully saturated rings. The van der Waals surface area contributed by atoms with Crippen LogP contribution in [0.1, 0.15) is 33.4 Å². The van der Waals surface area contributed by atoms with Crippen LogP contribution in [0.25, 0.3) is 54.9 Å². The van der Waals surface area contributed by atoms with Crippen LogP contribution >= 0.6 is 0 Å². The molecule has 0 bridgehead atoms. The van der Waals surface area contributed by atoms with E-state index in [1.54, 1.807) is 18.2 Å². The van der Waals surface area contributed by atoms with Crippen molar-refractivity contribution in [2.75, 3.05) is 10.6 Å². The van der Waals surface area contributed by atoms with Gasteiger partial charge < -0.3 is 15.7 Å². The van der Waals surface area contributed by atoms with E-state index in [9.17, 15) is 22.9 Å². The summed E-state index contributed by atoms with van der Waals surface area (Å²) in [4.78, 5) is 20.1. The standard InChI is InChI=1S/C51H31N3O5S/c55-48-44(34-21-20-27-10-9-11-28-26-50(53-46(34)42(27)28)36-16-5-1-12-29(36)30-13-2-6-17-37(30)50)49(56)45(48)35-23-22-33-41(60(57,58)59)25-24-40-43(33)47(35)54-51(52-40)38-18-7-3-14-31(38)32-15-4-8-19-39(32)51/h1-25,52-53,55H,26H2,(H,57,58,59)/b45-35-. The van der Waals surface area contributed by atoms with Gasteiger partial charge in [0.15, 0.2) is 5.66 Å². The molecule has 286 valence electrons. The number of ketones is 1. The predicted octanol–water partition coefficient (Wildman–Crippen LogP) is 8.76. The van der Waals surface area contributed by atoms with Gasteiger partial charge in [-0.15, -0.1) is 0 Å². The van der Waals surface area contributed by atoms with Gasteiger partial charge in [0.05, 0.1) is 27.7 Å². The molecule has 60 heavy (non-hydrogen) atoms. The van der Waals surface area contributed by atoms with E-state index in [1.165, 1.54) is 6.07 Å². The summed E-state index contributed by atoms with van der Waals surface area (Å²) in [6.45, 7) is 0. The van der Waals surface area contributed by atoms with Gasteiger partial charge in [-0.3, -0.25) is 9.35 Å². The van der Waals surface area contributed by atoms with Crippen LogP contribution in [0.2, 0.25) is 0 Å². The number of hydrogen-bond acceptors (Lipinski definition) is 7. The minimum atomic E-state index is -4.64. The van der Waals surface area contributed by atoms with Crippen molar-refractivity contribution in [3.05, 3.63) is 201 Å². The number of anilines is 2. The first-order valence-corrected chi connectivity index (χ1v) is 21.3. The molecule has 0 amide bonds. The summed E-state index contributed by atoms with van der Waals surface area (Å²) >= 11 is 0. The number of hydrogen-bond donors (Lipinski definition) is 4. The second-order valence-corrected chi connectivity index (χ2v) is 17.6. The molecule has 5 aliphatic rings. The lowest BCUT2D eigenvalue weighted by atomic mass is 9.74. The van der Waals surface area contributed by atoms with Crippen LogP contribution in [0.15, 0.2) is 167 Å². The summed E-state index contributed by atoms with van der Waals surface area (Å²) < 4.78 is 35.8. The van der Waals surface area contributed by atoms with E-state index >= 15 is 0 Å². The van der Waals surface area contributed by atoms with E-state index in [4.69, 9.17) is 4.99 Å². The van der Waals surface area contributed by atoms with Gasteiger partial charge in [0.1, 0.15) is 10.7 Å². The van der Waals surface area contributed by atoms with Crippen molar-refractivity contribution < 1.29 is 22.9 Å². The Bertz CT molecular complexity index is 3570. The third-order valence-corrected chi connectivity index (χ3v) is 14.3. The van der Waals surface area contributed by atoms with Crippen molar-refractivity contribution in [3.63, 3.8) is 0 Å². The molecule has 2 spiro atoms. The van der Waals surface area contributed by atoms with Crippen molar-refractivity contribution in [3.8, 4) is 22.3 Å². The molecule has 8 aromatic carbocycles. The number of carbonyl (C=O) groups excluding carboxylic acids is 1. The zero-order chi connectivity index (χ0) is 40.3. The smallest absolute Gasteiger partial charge is 0.295 e. The summed E-state index contributed by atoms with van der Waals surface area (Å²) in [5.41, 5.74) is 10.0. The molecule has 0 saturated carbocycles. The van der Waals surface area contributed by atoms with Gasteiger partial charge in [0.2, 0.25) is 5.78 Å². The van der Waals surface area contributed by atoms with E-state index in [0.29, 0.717) is 33.6 Å². The summed E-state index contributed by atoms with van der Waals surface area (Å²) in [7, 11) is -4.64. The SMILES string of the molecule is O=C1C(c2ccc3cccc4c3c2NC2(C4)c3ccccc3-c3ccccc32)=C(O)/C1=c1\ccc2c(S(=O)(=O)O)ccc3c2c1=NC1(N3)c2ccccc2-c2ccccc21. The molecule has 0 aromatic heterocycles. The molecular weight excluding hydrogens is 767 g/mol. The highest BCUT2D eigenvalue weighted by atomic mass is 32.2. The molecule has 0 saturated heterocycles. The number of carbonyl (C=O) groups is 1. The fourth-order valence-corrected chi connectivity index (χ4v) is 11.6. The number of Topliss-reactive ketones (excluding diaryl/α,β-unsaturated/α-hetero) is 1. The zero-order valence-corrected chi connectivity index (χ0v) is 32.4. The Morgan fingerprint density at radius 2 is 1.20 bits per heavy atom. The van der Waals surface area contributed by atoms with Crippen LogP contribution in [-0.2, 0) is 32.5 Å². The quantitative estimate of drug-likeness (QED) is 0.129. The van der Waals surface area contributed by atoms with Gasteiger partial charge in [-0.2, -0.15) is 8.42 Å². The van der Waals surface area contributed by atoms with E-state index < -0.39 is 21.3 Å². The highest BCUT2D eigenvalue weighted by Crippen LogP contribution is 2.56. The first-order chi connectivity index (χ1) is 29.2. The summed E-state index contributed by atoms with van der Waals surface area (Å²) in [6, 6.07) is 49.3. The fraction of sp³-hybridized carbons (Fsp3) is 0.0588. The number of allylic oxidation sites excluding steroid dienone is 2. The summed E-state index contributed by atoms with van der Waals surface area (Å²) in [5, 5.41) is 23.4. The van der Waals surface area contributed by atoms with Crippen molar-refractivity contribution in [1.29, 1.82) is 0 Å². The van der Waals surface area contributed by atoms with E-state index in [1.807, 2.05) is 60.7 Å². The van der Waals surface area contributed by atoms with Crippen LogP contribution in [0.5, 0.6) is 0 Å². The van der Waals surface area contributed by atoms with Gasteiger partial charge in [0.25, 0.3) is 10.1 Å². The highest BCUT2D eigenvalue weighted by molar-refractivity contribution is 7.86. The van der Waals surface area contributed by atoms with Crippen LogP contribution < -0.4 is 21.2 Å². The molecule has 8 aromatic rings. The number of aliphatic hydroxyl groups is 1. The number of rotatable bonds is 2. The van der Waals surface area contributed by atoms with Crippen molar-refractivity contribution in [1.82, 2.24) is 0 Å². The third kappa shape index (κ3) is 4.05. The molecule has 4 N–H and O–H groups in total. The maximum atomic E-state index is 15.0. The number of nitrogens with zero attached hydrogens (tertiary/aromatic N) is 1. The Morgan fingerprint density at radius 1 is 0.583 bits per heavy atom. The topological polar surface area (TPSA) is 128 Å². The average Bonchev–Trinajstić information content (AvgIpc) is 3.68. The molecular formula is C51H31N3O5S. The Balaban J connectivity index is 1.08. The Kier molecular flexibility index (Phi) is 6.30. The molecule has 8 nitrogen and oxygen atoms in total. The van der Waals surface area contributed by atoms with Gasteiger partial charge >= 0.3 is 0 Å². The lowest BCUT2D eigenvalue weighted by Crippen LogP contribution is -2.44. The molecule has 2 aliphatic heterocycles. The van der Waals surface area contributed by atoms with Crippen molar-refractivity contribution in [2.45, 2.75) is 22.5 Å². The Morgan fingerprint density at radius 3 is 1.83 bits per heavy atom. The van der Waals surface area contributed by atoms with Crippen LogP contribution in [0.4, 0.5) is 11.4 Å². The van der Waals surface area contributed by atoms with Crippen LogP contribution in [0, 0.1) is 0 Å². The number of aliphatic hydroxyl groups excluding tert-OH is 1. The van der Waals surface area contributed by atoms with Crippen LogP contribution in [-0.4, -0.2) is 23.9 Å². The average molecular weight is 798 g/mol. The second kappa shape index (κ2) is 11.2. The zero-order valence-electron chi connectivity index (χ0n) is 31.6. The van der Waals surface area contributed by atoms with Gasteiger partial charge in [-0.1, -0.05) is 140 Å². The molecule has 13 rings (SSSR count). The molecule has 0 unspecified atom stereocenters. The lowest BCUT2D eigenvalue weighted by Gasteiger charge is -2.40. The van der Waals surface area contributed by atoms with Gasteiger partial charge in [0, 0.05) is 50.2 Å². The highest BCUT2D eigenvalue weighted by Gasteiger charge is 2.48. The fourth-order valence-electron chi connectivity index (χ4n) is 10.9. The van der Waals surface area contributed by atoms with E-state index in [-0.39, 0.29) is 33.0 Å². The van der Waals surface area contributed by atoms with Crippen LogP contribution in [0.3, 0.4) is 0 Å². The maximum Gasteiger partial charge on any atom is 0.295 e. The molecule has 3 aliphatic carbocycles. The van der Waals surface area contributed by atoms with Crippen molar-refractivity contribution in [2.24, 2.45) is 4.99 Å². The third-order valence-electron chi connectivity index (χ3n) is 13.4. The normalized spacial score (nSPS) is 17.7.